The monoisotopic (exact) mass is 421 g/mol. The standard InChI is InChI=1S/C22H13F6NO/c23-16-2-1-3-17(24)20(16)21-29-19(11-30-21)13-6-4-12(5-7-13)15-9-8-14(10-18(15)25)22(26,27)28/h1-10,19H,11H2. The van der Waals surface area contributed by atoms with Gasteiger partial charge in [0.2, 0.25) is 5.90 Å². The molecule has 30 heavy (non-hydrogen) atoms. The van der Waals surface area contributed by atoms with Crippen LogP contribution < -0.4 is 0 Å². The van der Waals surface area contributed by atoms with Crippen molar-refractivity contribution in [2.75, 3.05) is 6.61 Å². The average molecular weight is 421 g/mol. The second-order valence-electron chi connectivity index (χ2n) is 6.67. The summed E-state index contributed by atoms with van der Waals surface area (Å²) in [6.07, 6.45) is -4.63. The third kappa shape index (κ3) is 3.77. The molecule has 0 saturated heterocycles. The smallest absolute Gasteiger partial charge is 0.416 e. The Morgan fingerprint density at radius 1 is 0.833 bits per heavy atom. The molecule has 0 saturated carbocycles. The minimum atomic E-state index is -4.63. The zero-order chi connectivity index (χ0) is 21.5. The molecule has 0 spiro atoms. The topological polar surface area (TPSA) is 21.6 Å². The van der Waals surface area contributed by atoms with Gasteiger partial charge in [0.05, 0.1) is 5.56 Å². The van der Waals surface area contributed by atoms with Crippen molar-refractivity contribution in [3.63, 3.8) is 0 Å². The number of nitrogens with zero attached hydrogens (tertiary/aromatic N) is 1. The molecule has 3 aromatic carbocycles. The summed E-state index contributed by atoms with van der Waals surface area (Å²) in [6.45, 7) is 0.0666. The van der Waals surface area contributed by atoms with Crippen LogP contribution in [0.2, 0.25) is 0 Å². The summed E-state index contributed by atoms with van der Waals surface area (Å²) >= 11 is 0. The fourth-order valence-corrected chi connectivity index (χ4v) is 3.19. The van der Waals surface area contributed by atoms with E-state index in [4.69, 9.17) is 4.74 Å². The van der Waals surface area contributed by atoms with Crippen LogP contribution in [0.4, 0.5) is 26.3 Å². The van der Waals surface area contributed by atoms with Crippen LogP contribution in [0.1, 0.15) is 22.7 Å². The molecule has 4 rings (SSSR count). The zero-order valence-electron chi connectivity index (χ0n) is 15.2. The van der Waals surface area contributed by atoms with Gasteiger partial charge in [-0.25, -0.2) is 18.2 Å². The van der Waals surface area contributed by atoms with Crippen LogP contribution in [-0.2, 0) is 10.9 Å². The van der Waals surface area contributed by atoms with Crippen molar-refractivity contribution in [3.8, 4) is 11.1 Å². The number of ether oxygens (including phenoxy) is 1. The van der Waals surface area contributed by atoms with Crippen molar-refractivity contribution in [2.45, 2.75) is 12.2 Å². The highest BCUT2D eigenvalue weighted by Crippen LogP contribution is 2.34. The van der Waals surface area contributed by atoms with Gasteiger partial charge < -0.3 is 4.74 Å². The van der Waals surface area contributed by atoms with Crippen LogP contribution in [-0.4, -0.2) is 12.5 Å². The number of benzene rings is 3. The molecule has 0 fully saturated rings. The number of halogens is 6. The summed E-state index contributed by atoms with van der Waals surface area (Å²) in [6, 6.07) is 11.6. The molecule has 8 heteroatoms. The highest BCUT2D eigenvalue weighted by atomic mass is 19.4. The van der Waals surface area contributed by atoms with E-state index in [1.54, 1.807) is 12.1 Å². The Bertz CT molecular complexity index is 1100. The van der Waals surface area contributed by atoms with E-state index < -0.39 is 35.2 Å². The first-order valence-corrected chi connectivity index (χ1v) is 8.86. The largest absolute Gasteiger partial charge is 0.475 e. The Morgan fingerprint density at radius 3 is 2.10 bits per heavy atom. The summed E-state index contributed by atoms with van der Waals surface area (Å²) in [4.78, 5) is 4.22. The lowest BCUT2D eigenvalue weighted by Gasteiger charge is -2.10. The summed E-state index contributed by atoms with van der Waals surface area (Å²) < 4.78 is 85.4. The molecule has 0 N–H and O–H groups in total. The Morgan fingerprint density at radius 2 is 1.50 bits per heavy atom. The van der Waals surface area contributed by atoms with Crippen LogP contribution in [0.5, 0.6) is 0 Å². The van der Waals surface area contributed by atoms with Gasteiger partial charge in [-0.15, -0.1) is 0 Å². The number of alkyl halides is 3. The normalized spacial score (nSPS) is 16.3. The molecule has 0 aromatic heterocycles. The highest BCUT2D eigenvalue weighted by molar-refractivity contribution is 5.95. The second kappa shape index (κ2) is 7.51. The molecule has 0 radical (unpaired) electrons. The zero-order valence-corrected chi connectivity index (χ0v) is 15.2. The van der Waals surface area contributed by atoms with Gasteiger partial charge >= 0.3 is 6.18 Å². The van der Waals surface area contributed by atoms with Gasteiger partial charge in [-0.1, -0.05) is 36.4 Å². The minimum Gasteiger partial charge on any atom is -0.475 e. The van der Waals surface area contributed by atoms with Gasteiger partial charge in [0.25, 0.3) is 0 Å². The molecular formula is C22H13F6NO. The van der Waals surface area contributed by atoms with Gasteiger partial charge in [0, 0.05) is 5.56 Å². The number of aliphatic imine (C=N–C) groups is 1. The van der Waals surface area contributed by atoms with Gasteiger partial charge in [-0.2, -0.15) is 13.2 Å². The Balaban J connectivity index is 1.58. The van der Waals surface area contributed by atoms with Crippen molar-refractivity contribution in [3.05, 3.63) is 94.8 Å². The van der Waals surface area contributed by atoms with Crippen LogP contribution >= 0.6 is 0 Å². The molecule has 1 unspecified atom stereocenters. The van der Waals surface area contributed by atoms with Crippen molar-refractivity contribution in [2.24, 2.45) is 4.99 Å². The molecule has 2 nitrogen and oxygen atoms in total. The maximum atomic E-state index is 14.2. The summed E-state index contributed by atoms with van der Waals surface area (Å²) in [5, 5.41) is 0. The fourth-order valence-electron chi connectivity index (χ4n) is 3.19. The third-order valence-electron chi connectivity index (χ3n) is 4.73. The Kier molecular flexibility index (Phi) is 5.01. The summed E-state index contributed by atoms with van der Waals surface area (Å²) in [7, 11) is 0. The van der Waals surface area contributed by atoms with Gasteiger partial charge in [0.15, 0.2) is 0 Å². The molecule has 1 heterocycles. The summed E-state index contributed by atoms with van der Waals surface area (Å²) in [5.74, 6) is -2.71. The number of rotatable bonds is 3. The van der Waals surface area contributed by atoms with Crippen LogP contribution in [0, 0.1) is 17.5 Å². The van der Waals surface area contributed by atoms with Crippen molar-refractivity contribution >= 4 is 5.90 Å². The van der Waals surface area contributed by atoms with E-state index in [-0.39, 0.29) is 23.6 Å². The van der Waals surface area contributed by atoms with Crippen molar-refractivity contribution in [1.82, 2.24) is 0 Å². The van der Waals surface area contributed by atoms with Gasteiger partial charge in [-0.05, 0) is 35.4 Å². The van der Waals surface area contributed by atoms with E-state index in [2.05, 4.69) is 4.99 Å². The third-order valence-corrected chi connectivity index (χ3v) is 4.73. The Labute approximate surface area is 167 Å². The average Bonchev–Trinajstić information content (AvgIpc) is 3.17. The number of hydrogen-bond donors (Lipinski definition) is 0. The summed E-state index contributed by atoms with van der Waals surface area (Å²) in [5.41, 5.74) is -0.352. The lowest BCUT2D eigenvalue weighted by molar-refractivity contribution is -0.137. The molecule has 154 valence electrons. The van der Waals surface area contributed by atoms with E-state index in [0.29, 0.717) is 17.2 Å². The predicted octanol–water partition coefficient (Wildman–Crippen LogP) is 6.31. The highest BCUT2D eigenvalue weighted by Gasteiger charge is 2.31. The number of hydrogen-bond acceptors (Lipinski definition) is 2. The minimum absolute atomic E-state index is 0.0230. The second-order valence-corrected chi connectivity index (χ2v) is 6.67. The first kappa shape index (κ1) is 20.0. The maximum absolute atomic E-state index is 14.2. The molecule has 0 aliphatic carbocycles. The van der Waals surface area contributed by atoms with E-state index >= 15 is 0 Å². The Hall–Kier alpha value is -3.29. The molecule has 0 bridgehead atoms. The predicted molar refractivity (Wildman–Crippen MR) is 98.4 cm³/mol. The lowest BCUT2D eigenvalue weighted by Crippen LogP contribution is -2.07. The quantitative estimate of drug-likeness (QED) is 0.455. The first-order chi connectivity index (χ1) is 14.2. The molecule has 0 amide bonds. The van der Waals surface area contributed by atoms with Crippen molar-refractivity contribution in [1.29, 1.82) is 0 Å². The van der Waals surface area contributed by atoms with E-state index in [9.17, 15) is 26.3 Å². The molecule has 1 aliphatic rings. The molecule has 1 aliphatic heterocycles. The van der Waals surface area contributed by atoms with Crippen LogP contribution in [0.3, 0.4) is 0 Å². The maximum Gasteiger partial charge on any atom is 0.416 e. The van der Waals surface area contributed by atoms with E-state index in [1.165, 1.54) is 18.2 Å². The first-order valence-electron chi connectivity index (χ1n) is 8.86. The van der Waals surface area contributed by atoms with Gasteiger partial charge in [0.1, 0.15) is 35.7 Å². The van der Waals surface area contributed by atoms with Crippen LogP contribution in [0.15, 0.2) is 65.7 Å². The molecule has 1 atom stereocenters. The van der Waals surface area contributed by atoms with E-state index in [1.807, 2.05) is 0 Å². The fraction of sp³-hybridized carbons (Fsp3) is 0.136. The molecular weight excluding hydrogens is 408 g/mol. The SMILES string of the molecule is Fc1cc(C(F)(F)F)ccc1-c1ccc(C2COC(c3c(F)cccc3F)=N2)cc1. The van der Waals surface area contributed by atoms with Crippen molar-refractivity contribution < 1.29 is 31.1 Å². The van der Waals surface area contributed by atoms with Gasteiger partial charge in [-0.3, -0.25) is 0 Å². The molecule has 3 aromatic rings. The lowest BCUT2D eigenvalue weighted by atomic mass is 9.99. The van der Waals surface area contributed by atoms with E-state index in [0.717, 1.165) is 24.3 Å². The van der Waals surface area contributed by atoms with Crippen LogP contribution in [0.25, 0.3) is 11.1 Å².